The zero-order valence-electron chi connectivity index (χ0n) is 15.2. The molecule has 0 spiro atoms. The molecule has 0 bridgehead atoms. The molecule has 1 aliphatic rings. The maximum absolute atomic E-state index is 12.3. The van der Waals surface area contributed by atoms with E-state index in [1.165, 1.54) is 0 Å². The number of rotatable bonds is 7. The Morgan fingerprint density at radius 2 is 2.26 bits per heavy atom. The van der Waals surface area contributed by atoms with E-state index in [2.05, 4.69) is 26.1 Å². The molecule has 0 aliphatic heterocycles. The molecule has 0 unspecified atom stereocenters. The number of carbonyl (C=O) groups excluding carboxylic acids is 2. The molecule has 10 heteroatoms. The molecule has 3 rings (SSSR count). The number of aliphatic hydroxyl groups excluding tert-OH is 1. The molecule has 2 aromatic heterocycles. The zero-order valence-corrected chi connectivity index (χ0v) is 15.2. The van der Waals surface area contributed by atoms with Crippen LogP contribution in [0.1, 0.15) is 41.9 Å². The summed E-state index contributed by atoms with van der Waals surface area (Å²) in [6.45, 7) is 2.93. The first-order valence-electron chi connectivity index (χ1n) is 9.07. The molecule has 2 aromatic rings. The van der Waals surface area contributed by atoms with Gasteiger partial charge in [-0.05, 0) is 32.6 Å². The molecule has 2 heterocycles. The molecule has 0 radical (unpaired) electrons. The second-order valence-corrected chi connectivity index (χ2v) is 6.79. The van der Waals surface area contributed by atoms with Gasteiger partial charge < -0.3 is 20.3 Å². The van der Waals surface area contributed by atoms with Crippen LogP contribution in [0.2, 0.25) is 0 Å². The predicted octanol–water partition coefficient (Wildman–Crippen LogP) is 0.0404. The van der Waals surface area contributed by atoms with E-state index in [0.29, 0.717) is 38.1 Å². The lowest BCUT2D eigenvalue weighted by Gasteiger charge is -2.32. The Morgan fingerprint density at radius 3 is 2.93 bits per heavy atom. The monoisotopic (exact) mass is 376 g/mol. The van der Waals surface area contributed by atoms with Crippen molar-refractivity contribution in [1.29, 1.82) is 0 Å². The number of hydrogen-bond donors (Lipinski definition) is 3. The summed E-state index contributed by atoms with van der Waals surface area (Å²) in [5, 5.41) is 27.2. The van der Waals surface area contributed by atoms with E-state index < -0.39 is 12.1 Å². The van der Waals surface area contributed by atoms with Crippen LogP contribution in [0.25, 0.3) is 0 Å². The number of aryl methyl sites for hydroxylation is 2. The van der Waals surface area contributed by atoms with E-state index in [1.807, 2.05) is 0 Å². The molecule has 0 aromatic carbocycles. The van der Waals surface area contributed by atoms with Crippen LogP contribution in [-0.2, 0) is 11.3 Å². The minimum Gasteiger partial charge on any atom is -0.391 e. The lowest BCUT2D eigenvalue weighted by atomic mass is 9.83. The molecule has 1 saturated carbocycles. The van der Waals surface area contributed by atoms with Crippen molar-refractivity contribution in [2.45, 2.75) is 51.3 Å². The summed E-state index contributed by atoms with van der Waals surface area (Å²) in [5.74, 6) is -0.157. The van der Waals surface area contributed by atoms with E-state index >= 15 is 0 Å². The Balaban J connectivity index is 1.39. The van der Waals surface area contributed by atoms with Gasteiger partial charge in [-0.15, -0.1) is 5.10 Å². The van der Waals surface area contributed by atoms with Crippen molar-refractivity contribution in [2.24, 2.45) is 5.92 Å². The highest BCUT2D eigenvalue weighted by Crippen LogP contribution is 2.25. The third-order valence-electron chi connectivity index (χ3n) is 4.70. The van der Waals surface area contributed by atoms with Crippen molar-refractivity contribution in [3.63, 3.8) is 0 Å². The number of carbonyl (C=O) groups is 2. The fourth-order valence-corrected chi connectivity index (χ4v) is 3.22. The van der Waals surface area contributed by atoms with Crippen LogP contribution < -0.4 is 10.6 Å². The maximum Gasteiger partial charge on any atom is 0.273 e. The number of aromatic nitrogens is 4. The highest BCUT2D eigenvalue weighted by Gasteiger charge is 2.34. The third kappa shape index (κ3) is 5.13. The molecule has 27 heavy (non-hydrogen) atoms. The van der Waals surface area contributed by atoms with Gasteiger partial charge in [0.05, 0.1) is 18.3 Å². The van der Waals surface area contributed by atoms with Crippen molar-refractivity contribution < 1.29 is 19.2 Å². The SMILES string of the molecule is Cc1cc(C(=O)N[C@H]2CC[C@H](C(=O)NCCCn3ccnn3)C[C@@H]2O)no1. The lowest BCUT2D eigenvalue weighted by Crippen LogP contribution is -2.49. The van der Waals surface area contributed by atoms with Gasteiger partial charge in [0.15, 0.2) is 5.69 Å². The Hall–Kier alpha value is -2.75. The molecule has 1 aliphatic carbocycles. The third-order valence-corrected chi connectivity index (χ3v) is 4.70. The number of nitrogens with one attached hydrogen (secondary N) is 2. The van der Waals surface area contributed by atoms with Crippen molar-refractivity contribution in [2.75, 3.05) is 6.54 Å². The first-order chi connectivity index (χ1) is 13.0. The van der Waals surface area contributed by atoms with Crippen molar-refractivity contribution in [3.8, 4) is 0 Å². The molecule has 0 saturated heterocycles. The van der Waals surface area contributed by atoms with E-state index in [0.717, 1.165) is 6.42 Å². The smallest absolute Gasteiger partial charge is 0.273 e. The van der Waals surface area contributed by atoms with Crippen LogP contribution in [-0.4, -0.2) is 55.8 Å². The molecule has 3 N–H and O–H groups in total. The van der Waals surface area contributed by atoms with Crippen molar-refractivity contribution in [1.82, 2.24) is 30.8 Å². The van der Waals surface area contributed by atoms with E-state index in [1.54, 1.807) is 30.1 Å². The minimum atomic E-state index is -0.776. The second kappa shape index (κ2) is 8.76. The standard InChI is InChI=1S/C17H24N6O4/c1-11-9-14(21-27-11)17(26)20-13-4-3-12(10-15(13)24)16(25)18-5-2-7-23-8-6-19-22-23/h6,8-9,12-13,15,24H,2-5,7,10H2,1H3,(H,18,25)(H,20,26)/t12-,13-,15-/m0/s1. The lowest BCUT2D eigenvalue weighted by molar-refractivity contribution is -0.127. The fraction of sp³-hybridized carbons (Fsp3) is 0.588. The summed E-state index contributed by atoms with van der Waals surface area (Å²) in [7, 11) is 0. The van der Waals surface area contributed by atoms with Gasteiger partial charge in [0.25, 0.3) is 5.91 Å². The van der Waals surface area contributed by atoms with Gasteiger partial charge in [0.2, 0.25) is 5.91 Å². The molecule has 2 amide bonds. The van der Waals surface area contributed by atoms with Crippen LogP contribution in [0.15, 0.2) is 23.0 Å². The number of nitrogens with zero attached hydrogens (tertiary/aromatic N) is 4. The van der Waals surface area contributed by atoms with Gasteiger partial charge in [-0.2, -0.15) is 0 Å². The van der Waals surface area contributed by atoms with E-state index in [9.17, 15) is 14.7 Å². The Kier molecular flexibility index (Phi) is 6.17. The molecule has 3 atom stereocenters. The van der Waals surface area contributed by atoms with Gasteiger partial charge >= 0.3 is 0 Å². The van der Waals surface area contributed by atoms with Gasteiger partial charge in [-0.3, -0.25) is 14.3 Å². The van der Waals surface area contributed by atoms with Gasteiger partial charge in [0.1, 0.15) is 5.76 Å². The first-order valence-corrected chi connectivity index (χ1v) is 9.07. The molecular formula is C17H24N6O4. The Morgan fingerprint density at radius 1 is 1.41 bits per heavy atom. The normalized spacial score (nSPS) is 22.4. The van der Waals surface area contributed by atoms with Gasteiger partial charge in [0, 0.05) is 31.3 Å². The fourth-order valence-electron chi connectivity index (χ4n) is 3.22. The molecular weight excluding hydrogens is 352 g/mol. The average molecular weight is 376 g/mol. The number of aliphatic hydroxyl groups is 1. The summed E-state index contributed by atoms with van der Waals surface area (Å²) >= 11 is 0. The van der Waals surface area contributed by atoms with Crippen molar-refractivity contribution >= 4 is 11.8 Å². The number of hydrogen-bond acceptors (Lipinski definition) is 7. The van der Waals surface area contributed by atoms with Crippen molar-refractivity contribution in [3.05, 3.63) is 29.9 Å². The van der Waals surface area contributed by atoms with Crippen LogP contribution in [0.4, 0.5) is 0 Å². The maximum atomic E-state index is 12.3. The van der Waals surface area contributed by atoms with Gasteiger partial charge in [-0.1, -0.05) is 10.4 Å². The Labute approximate surface area is 156 Å². The average Bonchev–Trinajstić information content (AvgIpc) is 3.32. The van der Waals surface area contributed by atoms with Crippen LogP contribution in [0.3, 0.4) is 0 Å². The molecule has 1 fully saturated rings. The highest BCUT2D eigenvalue weighted by molar-refractivity contribution is 5.92. The van der Waals surface area contributed by atoms with E-state index in [-0.39, 0.29) is 23.4 Å². The van der Waals surface area contributed by atoms with Crippen LogP contribution >= 0.6 is 0 Å². The zero-order chi connectivity index (χ0) is 19.2. The predicted molar refractivity (Wildman–Crippen MR) is 93.5 cm³/mol. The largest absolute Gasteiger partial charge is 0.391 e. The minimum absolute atomic E-state index is 0.0652. The molecule has 10 nitrogen and oxygen atoms in total. The highest BCUT2D eigenvalue weighted by atomic mass is 16.5. The molecule has 146 valence electrons. The van der Waals surface area contributed by atoms with E-state index in [4.69, 9.17) is 4.52 Å². The first kappa shape index (κ1) is 19.0. The quantitative estimate of drug-likeness (QED) is 0.581. The Bertz CT molecular complexity index is 759. The van der Waals surface area contributed by atoms with Crippen LogP contribution in [0.5, 0.6) is 0 Å². The van der Waals surface area contributed by atoms with Gasteiger partial charge in [-0.25, -0.2) is 0 Å². The summed E-state index contributed by atoms with van der Waals surface area (Å²) in [6, 6.07) is 1.14. The second-order valence-electron chi connectivity index (χ2n) is 6.79. The topological polar surface area (TPSA) is 135 Å². The number of amides is 2. The summed E-state index contributed by atoms with van der Waals surface area (Å²) in [4.78, 5) is 24.4. The summed E-state index contributed by atoms with van der Waals surface area (Å²) in [5.41, 5.74) is 0.187. The summed E-state index contributed by atoms with van der Waals surface area (Å²) in [6.07, 6.45) is 4.81. The van der Waals surface area contributed by atoms with Crippen LogP contribution in [0, 0.1) is 12.8 Å². The summed E-state index contributed by atoms with van der Waals surface area (Å²) < 4.78 is 6.59.